The van der Waals surface area contributed by atoms with E-state index in [4.69, 9.17) is 4.74 Å². The van der Waals surface area contributed by atoms with Crippen molar-refractivity contribution in [1.29, 1.82) is 0 Å². The number of nitrogens with one attached hydrogen (secondary N) is 1. The number of hydrogen-bond donors (Lipinski definition) is 2. The van der Waals surface area contributed by atoms with Crippen molar-refractivity contribution in [3.8, 4) is 11.5 Å². The Morgan fingerprint density at radius 1 is 1.00 bits per heavy atom. The standard InChI is InChI=1S/C32H42N2O2/c1-5-34(22-25-8-6-24(7-9-25)16-17-33-21-23(2)3)32-20-30(36-4)14-15-31(32)28-11-10-27-19-29(35)13-12-26(27)18-28/h6-9,12-15,19-20,23,28,33,35H,5,10-11,16-18,21-22H2,1-4H3. The van der Waals surface area contributed by atoms with Crippen LogP contribution >= 0.6 is 0 Å². The first-order valence-electron chi connectivity index (χ1n) is 13.5. The van der Waals surface area contributed by atoms with Gasteiger partial charge in [-0.15, -0.1) is 0 Å². The fourth-order valence-electron chi connectivity index (χ4n) is 5.30. The van der Waals surface area contributed by atoms with Crippen LogP contribution in [0, 0.1) is 5.92 Å². The number of phenolic OH excluding ortho intramolecular Hbond substituents is 1. The third kappa shape index (κ3) is 6.61. The molecule has 0 spiro atoms. The van der Waals surface area contributed by atoms with E-state index in [9.17, 15) is 5.11 Å². The van der Waals surface area contributed by atoms with Gasteiger partial charge in [-0.1, -0.05) is 50.2 Å². The number of hydrogen-bond acceptors (Lipinski definition) is 4. The molecule has 192 valence electrons. The molecule has 4 rings (SSSR count). The summed E-state index contributed by atoms with van der Waals surface area (Å²) < 4.78 is 5.63. The van der Waals surface area contributed by atoms with E-state index < -0.39 is 0 Å². The van der Waals surface area contributed by atoms with Crippen LogP contribution in [0.5, 0.6) is 11.5 Å². The first kappa shape index (κ1) is 26.1. The number of ether oxygens (including phenoxy) is 1. The van der Waals surface area contributed by atoms with Gasteiger partial charge in [0, 0.05) is 24.8 Å². The molecule has 36 heavy (non-hydrogen) atoms. The molecule has 4 heteroatoms. The van der Waals surface area contributed by atoms with Crippen LogP contribution in [-0.2, 0) is 25.8 Å². The predicted octanol–water partition coefficient (Wildman–Crippen LogP) is 6.49. The van der Waals surface area contributed by atoms with Crippen LogP contribution in [-0.4, -0.2) is 31.9 Å². The molecule has 4 nitrogen and oxygen atoms in total. The van der Waals surface area contributed by atoms with E-state index in [-0.39, 0.29) is 0 Å². The summed E-state index contributed by atoms with van der Waals surface area (Å²) in [7, 11) is 1.74. The smallest absolute Gasteiger partial charge is 0.120 e. The monoisotopic (exact) mass is 486 g/mol. The molecule has 0 saturated carbocycles. The summed E-state index contributed by atoms with van der Waals surface area (Å²) in [5.41, 5.74) is 8.01. The van der Waals surface area contributed by atoms with Crippen LogP contribution in [0.2, 0.25) is 0 Å². The lowest BCUT2D eigenvalue weighted by atomic mass is 9.79. The molecule has 1 aliphatic carbocycles. The van der Waals surface area contributed by atoms with Gasteiger partial charge < -0.3 is 20.1 Å². The summed E-state index contributed by atoms with van der Waals surface area (Å²) in [6.07, 6.45) is 4.16. The Morgan fingerprint density at radius 2 is 1.78 bits per heavy atom. The maximum atomic E-state index is 9.88. The van der Waals surface area contributed by atoms with Crippen molar-refractivity contribution in [3.05, 3.63) is 88.5 Å². The highest BCUT2D eigenvalue weighted by molar-refractivity contribution is 5.60. The number of nitrogens with zero attached hydrogens (tertiary/aromatic N) is 1. The molecule has 0 saturated heterocycles. The fourth-order valence-corrected chi connectivity index (χ4v) is 5.30. The Bertz CT molecular complexity index is 1120. The zero-order valence-electron chi connectivity index (χ0n) is 22.4. The maximum absolute atomic E-state index is 9.88. The minimum Gasteiger partial charge on any atom is -0.508 e. The van der Waals surface area contributed by atoms with Gasteiger partial charge in [0.15, 0.2) is 0 Å². The molecule has 1 unspecified atom stereocenters. The Morgan fingerprint density at radius 3 is 2.50 bits per heavy atom. The SMILES string of the molecule is CCN(Cc1ccc(CCNCC(C)C)cc1)c1cc(OC)ccc1C1CCc2cc(O)ccc2C1. The minimum atomic E-state index is 0.368. The Kier molecular flexibility index (Phi) is 8.93. The highest BCUT2D eigenvalue weighted by atomic mass is 16.5. The zero-order chi connectivity index (χ0) is 25.5. The molecule has 1 aliphatic rings. The van der Waals surface area contributed by atoms with Gasteiger partial charge in [0.05, 0.1) is 7.11 Å². The quantitative estimate of drug-likeness (QED) is 0.304. The summed E-state index contributed by atoms with van der Waals surface area (Å²) in [4.78, 5) is 2.48. The van der Waals surface area contributed by atoms with Gasteiger partial charge in [-0.05, 0) is 104 Å². The highest BCUT2D eigenvalue weighted by Crippen LogP contribution is 2.40. The number of aryl methyl sites for hydroxylation is 1. The van der Waals surface area contributed by atoms with Gasteiger partial charge >= 0.3 is 0 Å². The zero-order valence-corrected chi connectivity index (χ0v) is 22.4. The van der Waals surface area contributed by atoms with Gasteiger partial charge in [0.25, 0.3) is 0 Å². The van der Waals surface area contributed by atoms with Crippen LogP contribution in [0.25, 0.3) is 0 Å². The molecular weight excluding hydrogens is 444 g/mol. The van der Waals surface area contributed by atoms with Crippen molar-refractivity contribution in [1.82, 2.24) is 5.32 Å². The van der Waals surface area contributed by atoms with Gasteiger partial charge in [0.1, 0.15) is 11.5 Å². The average Bonchev–Trinajstić information content (AvgIpc) is 2.89. The molecule has 3 aromatic carbocycles. The van der Waals surface area contributed by atoms with Crippen LogP contribution in [0.3, 0.4) is 0 Å². The first-order valence-corrected chi connectivity index (χ1v) is 13.5. The number of methoxy groups -OCH3 is 1. The molecule has 0 fully saturated rings. The Hall–Kier alpha value is -2.98. The molecule has 1 atom stereocenters. The summed E-state index contributed by atoms with van der Waals surface area (Å²) in [6, 6.07) is 21.5. The van der Waals surface area contributed by atoms with Gasteiger partial charge in [-0.25, -0.2) is 0 Å². The van der Waals surface area contributed by atoms with Crippen LogP contribution in [0.15, 0.2) is 60.7 Å². The molecule has 0 amide bonds. The number of phenols is 1. The highest BCUT2D eigenvalue weighted by Gasteiger charge is 2.24. The van der Waals surface area contributed by atoms with Crippen molar-refractivity contribution in [2.45, 2.75) is 58.9 Å². The van der Waals surface area contributed by atoms with Crippen molar-refractivity contribution < 1.29 is 9.84 Å². The van der Waals surface area contributed by atoms with E-state index in [0.717, 1.165) is 57.6 Å². The van der Waals surface area contributed by atoms with E-state index in [1.165, 1.54) is 33.5 Å². The summed E-state index contributed by atoms with van der Waals surface area (Å²) in [5, 5.41) is 13.4. The Labute approximate surface area is 217 Å². The van der Waals surface area contributed by atoms with Crippen LogP contribution < -0.4 is 15.0 Å². The normalized spacial score (nSPS) is 15.1. The van der Waals surface area contributed by atoms with Crippen LogP contribution in [0.4, 0.5) is 5.69 Å². The third-order valence-electron chi connectivity index (χ3n) is 7.36. The molecule has 3 aromatic rings. The Balaban J connectivity index is 1.50. The number of rotatable bonds is 11. The lowest BCUT2D eigenvalue weighted by Gasteiger charge is -2.32. The first-order chi connectivity index (χ1) is 17.5. The van der Waals surface area contributed by atoms with E-state index in [0.29, 0.717) is 17.6 Å². The molecule has 0 aromatic heterocycles. The molecule has 0 bridgehead atoms. The van der Waals surface area contributed by atoms with E-state index in [1.807, 2.05) is 12.1 Å². The summed E-state index contributed by atoms with van der Waals surface area (Å²) in [5.74, 6) is 2.41. The molecule has 0 radical (unpaired) electrons. The van der Waals surface area contributed by atoms with E-state index >= 15 is 0 Å². The van der Waals surface area contributed by atoms with Crippen molar-refractivity contribution in [2.24, 2.45) is 5.92 Å². The largest absolute Gasteiger partial charge is 0.508 e. The third-order valence-corrected chi connectivity index (χ3v) is 7.36. The van der Waals surface area contributed by atoms with E-state index in [1.54, 1.807) is 7.11 Å². The topological polar surface area (TPSA) is 44.7 Å². The second kappa shape index (κ2) is 12.3. The van der Waals surface area contributed by atoms with Gasteiger partial charge in [-0.3, -0.25) is 0 Å². The average molecular weight is 487 g/mol. The molecule has 2 N–H and O–H groups in total. The fraction of sp³-hybridized carbons (Fsp3) is 0.438. The van der Waals surface area contributed by atoms with Crippen LogP contribution in [0.1, 0.15) is 60.9 Å². The predicted molar refractivity (Wildman–Crippen MR) is 150 cm³/mol. The lowest BCUT2D eigenvalue weighted by molar-refractivity contribution is 0.414. The van der Waals surface area contributed by atoms with Crippen molar-refractivity contribution >= 4 is 5.69 Å². The summed E-state index contributed by atoms with van der Waals surface area (Å²) >= 11 is 0. The lowest BCUT2D eigenvalue weighted by Crippen LogP contribution is -2.25. The molecule has 0 heterocycles. The summed E-state index contributed by atoms with van der Waals surface area (Å²) in [6.45, 7) is 10.6. The molecule has 0 aliphatic heterocycles. The number of benzene rings is 3. The van der Waals surface area contributed by atoms with E-state index in [2.05, 4.69) is 79.5 Å². The van der Waals surface area contributed by atoms with Gasteiger partial charge in [-0.2, -0.15) is 0 Å². The maximum Gasteiger partial charge on any atom is 0.120 e. The number of aromatic hydroxyl groups is 1. The van der Waals surface area contributed by atoms with Gasteiger partial charge in [0.2, 0.25) is 0 Å². The second-order valence-corrected chi connectivity index (χ2v) is 10.5. The second-order valence-electron chi connectivity index (χ2n) is 10.5. The number of fused-ring (bicyclic) bond motifs is 1. The van der Waals surface area contributed by atoms with Crippen molar-refractivity contribution in [2.75, 3.05) is 31.6 Å². The molecular formula is C32H42N2O2. The van der Waals surface area contributed by atoms with Crippen molar-refractivity contribution in [3.63, 3.8) is 0 Å². The number of anilines is 1. The minimum absolute atomic E-state index is 0.368.